The zero-order chi connectivity index (χ0) is 21.7. The van der Waals surface area contributed by atoms with E-state index < -0.39 is 22.8 Å². The van der Waals surface area contributed by atoms with Crippen LogP contribution in [-0.4, -0.2) is 42.0 Å². The molecular formula is C21H19N3O6. The Kier molecular flexibility index (Phi) is 6.21. The molecule has 0 aliphatic rings. The number of nitro groups is 1. The predicted molar refractivity (Wildman–Crippen MR) is 108 cm³/mol. The third-order valence-electron chi connectivity index (χ3n) is 4.52. The number of methoxy groups -OCH3 is 2. The second kappa shape index (κ2) is 8.99. The van der Waals surface area contributed by atoms with Gasteiger partial charge in [0.1, 0.15) is 6.04 Å². The van der Waals surface area contributed by atoms with Crippen molar-refractivity contribution in [2.75, 3.05) is 14.2 Å². The molecule has 2 aromatic carbocycles. The van der Waals surface area contributed by atoms with Crippen molar-refractivity contribution in [2.24, 2.45) is 0 Å². The van der Waals surface area contributed by atoms with Gasteiger partial charge < -0.3 is 14.8 Å². The second-order valence-corrected chi connectivity index (χ2v) is 6.43. The standard InChI is InChI=1S/C21H19N3O6/c1-29-19-8-7-13(10-18(19)24(27)28)9-17(21(26)30-2)23-20(25)15-11-14-5-3-4-6-16(14)22-12-15/h3-8,10-12,17H,9H2,1-2H3,(H,23,25)/t17-/m0/s1. The number of pyridine rings is 1. The fraction of sp³-hybridized carbons (Fsp3) is 0.190. The average Bonchev–Trinajstić information content (AvgIpc) is 2.77. The van der Waals surface area contributed by atoms with Gasteiger partial charge in [-0.05, 0) is 23.8 Å². The van der Waals surface area contributed by atoms with E-state index in [1.54, 1.807) is 12.1 Å². The third kappa shape index (κ3) is 4.52. The van der Waals surface area contributed by atoms with E-state index in [0.717, 1.165) is 10.9 Å². The van der Waals surface area contributed by atoms with Crippen molar-refractivity contribution in [1.82, 2.24) is 10.3 Å². The summed E-state index contributed by atoms with van der Waals surface area (Å²) in [5.74, 6) is -1.08. The van der Waals surface area contributed by atoms with Crippen LogP contribution in [0.1, 0.15) is 15.9 Å². The molecule has 154 valence electrons. The number of fused-ring (bicyclic) bond motifs is 1. The third-order valence-corrected chi connectivity index (χ3v) is 4.52. The van der Waals surface area contributed by atoms with E-state index in [2.05, 4.69) is 10.3 Å². The maximum Gasteiger partial charge on any atom is 0.328 e. The summed E-state index contributed by atoms with van der Waals surface area (Å²) in [4.78, 5) is 39.8. The zero-order valence-electron chi connectivity index (χ0n) is 16.3. The van der Waals surface area contributed by atoms with Gasteiger partial charge in [0.2, 0.25) is 0 Å². The van der Waals surface area contributed by atoms with Crippen LogP contribution in [0.5, 0.6) is 5.75 Å². The van der Waals surface area contributed by atoms with Gasteiger partial charge >= 0.3 is 11.7 Å². The first-order valence-corrected chi connectivity index (χ1v) is 8.97. The highest BCUT2D eigenvalue weighted by molar-refractivity contribution is 5.99. The number of hydrogen-bond acceptors (Lipinski definition) is 7. The van der Waals surface area contributed by atoms with Crippen molar-refractivity contribution in [2.45, 2.75) is 12.5 Å². The van der Waals surface area contributed by atoms with E-state index in [-0.39, 0.29) is 23.4 Å². The minimum Gasteiger partial charge on any atom is -0.490 e. The summed E-state index contributed by atoms with van der Waals surface area (Å²) in [7, 11) is 2.53. The molecule has 1 aromatic heterocycles. The highest BCUT2D eigenvalue weighted by Crippen LogP contribution is 2.28. The van der Waals surface area contributed by atoms with Crippen molar-refractivity contribution in [1.29, 1.82) is 0 Å². The molecule has 0 aliphatic carbocycles. The Labute approximate surface area is 171 Å². The SMILES string of the molecule is COC(=O)[C@H](Cc1ccc(OC)c([N+](=O)[O-])c1)NC(=O)c1cnc2ccccc2c1. The van der Waals surface area contributed by atoms with Gasteiger partial charge in [-0.3, -0.25) is 19.9 Å². The van der Waals surface area contributed by atoms with E-state index in [4.69, 9.17) is 9.47 Å². The van der Waals surface area contributed by atoms with Crippen LogP contribution in [0.4, 0.5) is 5.69 Å². The summed E-state index contributed by atoms with van der Waals surface area (Å²) in [6.07, 6.45) is 1.43. The highest BCUT2D eigenvalue weighted by atomic mass is 16.6. The van der Waals surface area contributed by atoms with E-state index in [9.17, 15) is 19.7 Å². The molecule has 0 fully saturated rings. The maximum atomic E-state index is 12.7. The molecule has 0 saturated heterocycles. The molecule has 1 atom stereocenters. The quantitative estimate of drug-likeness (QED) is 0.362. The summed E-state index contributed by atoms with van der Waals surface area (Å²) >= 11 is 0. The molecule has 0 aliphatic heterocycles. The number of nitrogens with one attached hydrogen (secondary N) is 1. The number of esters is 1. The first-order chi connectivity index (χ1) is 14.4. The molecule has 0 radical (unpaired) electrons. The average molecular weight is 409 g/mol. The predicted octanol–water partition coefficient (Wildman–Crippen LogP) is 2.67. The zero-order valence-corrected chi connectivity index (χ0v) is 16.3. The van der Waals surface area contributed by atoms with E-state index in [1.807, 2.05) is 24.3 Å². The summed E-state index contributed by atoms with van der Waals surface area (Å²) < 4.78 is 9.77. The number of nitrogens with zero attached hydrogens (tertiary/aromatic N) is 2. The van der Waals surface area contributed by atoms with Crippen molar-refractivity contribution in [3.05, 3.63) is 76.0 Å². The van der Waals surface area contributed by atoms with Crippen molar-refractivity contribution in [3.8, 4) is 5.75 Å². The maximum absolute atomic E-state index is 12.7. The molecule has 9 nitrogen and oxygen atoms in total. The largest absolute Gasteiger partial charge is 0.490 e. The Bertz CT molecular complexity index is 1110. The molecule has 1 amide bonds. The Morgan fingerprint density at radius 3 is 2.63 bits per heavy atom. The number of amides is 1. The van der Waals surface area contributed by atoms with Gasteiger partial charge in [-0.25, -0.2) is 4.79 Å². The number of ether oxygens (including phenoxy) is 2. The van der Waals surface area contributed by atoms with Crippen LogP contribution in [0.25, 0.3) is 10.9 Å². The Balaban J connectivity index is 1.84. The number of rotatable bonds is 7. The minimum absolute atomic E-state index is 0.00422. The normalized spacial score (nSPS) is 11.5. The Hall–Kier alpha value is -4.01. The lowest BCUT2D eigenvalue weighted by atomic mass is 10.0. The van der Waals surface area contributed by atoms with Crippen LogP contribution in [0.3, 0.4) is 0 Å². The van der Waals surface area contributed by atoms with Crippen LogP contribution in [-0.2, 0) is 16.0 Å². The van der Waals surface area contributed by atoms with E-state index >= 15 is 0 Å². The fourth-order valence-electron chi connectivity index (χ4n) is 3.01. The topological polar surface area (TPSA) is 121 Å². The molecule has 1 N–H and O–H groups in total. The lowest BCUT2D eigenvalue weighted by Crippen LogP contribution is -2.43. The monoisotopic (exact) mass is 409 g/mol. The van der Waals surface area contributed by atoms with Gasteiger partial charge in [-0.15, -0.1) is 0 Å². The molecule has 3 aromatic rings. The number of para-hydroxylation sites is 1. The van der Waals surface area contributed by atoms with Gasteiger partial charge in [0.05, 0.1) is 30.2 Å². The van der Waals surface area contributed by atoms with Crippen LogP contribution < -0.4 is 10.1 Å². The second-order valence-electron chi connectivity index (χ2n) is 6.43. The van der Waals surface area contributed by atoms with Crippen LogP contribution in [0, 0.1) is 10.1 Å². The number of benzene rings is 2. The molecule has 9 heteroatoms. The highest BCUT2D eigenvalue weighted by Gasteiger charge is 2.25. The summed E-state index contributed by atoms with van der Waals surface area (Å²) in [5.41, 5.74) is 1.26. The number of carbonyl (C=O) groups excluding carboxylic acids is 2. The Morgan fingerprint density at radius 2 is 1.93 bits per heavy atom. The molecule has 0 bridgehead atoms. The fourth-order valence-corrected chi connectivity index (χ4v) is 3.01. The van der Waals surface area contributed by atoms with E-state index in [1.165, 1.54) is 32.5 Å². The Morgan fingerprint density at radius 1 is 1.17 bits per heavy atom. The first kappa shape index (κ1) is 20.7. The van der Waals surface area contributed by atoms with Gasteiger partial charge in [0.15, 0.2) is 5.75 Å². The molecule has 1 heterocycles. The summed E-state index contributed by atoms with van der Waals surface area (Å²) in [5, 5.41) is 14.6. The van der Waals surface area contributed by atoms with Crippen LogP contribution in [0.15, 0.2) is 54.7 Å². The van der Waals surface area contributed by atoms with Crippen molar-refractivity contribution in [3.63, 3.8) is 0 Å². The van der Waals surface area contributed by atoms with Crippen molar-refractivity contribution < 1.29 is 24.0 Å². The van der Waals surface area contributed by atoms with Gasteiger partial charge in [-0.2, -0.15) is 0 Å². The number of aromatic nitrogens is 1. The molecule has 3 rings (SSSR count). The lowest BCUT2D eigenvalue weighted by Gasteiger charge is -2.17. The first-order valence-electron chi connectivity index (χ1n) is 8.97. The van der Waals surface area contributed by atoms with Crippen LogP contribution >= 0.6 is 0 Å². The smallest absolute Gasteiger partial charge is 0.328 e. The number of hydrogen-bond donors (Lipinski definition) is 1. The molecule has 0 unspecified atom stereocenters. The molecule has 0 saturated carbocycles. The summed E-state index contributed by atoms with van der Waals surface area (Å²) in [6, 6.07) is 12.3. The summed E-state index contributed by atoms with van der Waals surface area (Å²) in [6.45, 7) is 0. The van der Waals surface area contributed by atoms with Crippen LogP contribution in [0.2, 0.25) is 0 Å². The van der Waals surface area contributed by atoms with Crippen molar-refractivity contribution >= 4 is 28.5 Å². The van der Waals surface area contributed by atoms with Gasteiger partial charge in [0.25, 0.3) is 5.91 Å². The lowest BCUT2D eigenvalue weighted by molar-refractivity contribution is -0.385. The molecule has 30 heavy (non-hydrogen) atoms. The minimum atomic E-state index is -1.04. The van der Waals surface area contributed by atoms with Gasteiger partial charge in [-0.1, -0.05) is 24.3 Å². The molecular weight excluding hydrogens is 390 g/mol. The van der Waals surface area contributed by atoms with E-state index in [0.29, 0.717) is 5.56 Å². The number of carbonyl (C=O) groups is 2. The molecule has 0 spiro atoms. The number of nitro benzene ring substituents is 1. The van der Waals surface area contributed by atoms with Gasteiger partial charge in [0, 0.05) is 24.1 Å².